The SMILES string of the molecule is C=Cc1ncc[nH]1.CCc1c(C(=O)O)cc(C)cc1C(=O)O. The normalized spacial score (nSPS) is 9.55. The van der Waals surface area contributed by atoms with E-state index < -0.39 is 11.9 Å². The number of carbonyl (C=O) groups is 2. The Kier molecular flexibility index (Phi) is 6.07. The van der Waals surface area contributed by atoms with E-state index in [9.17, 15) is 9.59 Å². The van der Waals surface area contributed by atoms with Crippen molar-refractivity contribution in [2.75, 3.05) is 0 Å². The van der Waals surface area contributed by atoms with E-state index in [1.165, 1.54) is 12.1 Å². The zero-order valence-electron chi connectivity index (χ0n) is 12.5. The van der Waals surface area contributed by atoms with Crippen LogP contribution in [0.2, 0.25) is 0 Å². The molecule has 0 aliphatic carbocycles. The average Bonchev–Trinajstić information content (AvgIpc) is 3.00. The van der Waals surface area contributed by atoms with Crippen molar-refractivity contribution in [2.45, 2.75) is 20.3 Å². The summed E-state index contributed by atoms with van der Waals surface area (Å²) in [5.74, 6) is -1.35. The van der Waals surface area contributed by atoms with Crippen LogP contribution in [-0.2, 0) is 6.42 Å². The number of hydrogen-bond donors (Lipinski definition) is 3. The van der Waals surface area contributed by atoms with Crippen LogP contribution in [0.3, 0.4) is 0 Å². The van der Waals surface area contributed by atoms with Crippen molar-refractivity contribution in [1.29, 1.82) is 0 Å². The number of imidazole rings is 1. The van der Waals surface area contributed by atoms with Crippen LogP contribution in [0.15, 0.2) is 31.1 Å². The molecule has 0 unspecified atom stereocenters. The van der Waals surface area contributed by atoms with Crippen LogP contribution < -0.4 is 0 Å². The molecular formula is C16H18N2O4. The molecule has 6 nitrogen and oxygen atoms in total. The predicted molar refractivity (Wildman–Crippen MR) is 83.2 cm³/mol. The molecule has 0 aliphatic rings. The van der Waals surface area contributed by atoms with E-state index in [1.54, 1.807) is 32.3 Å². The highest BCUT2D eigenvalue weighted by molar-refractivity contribution is 5.97. The van der Waals surface area contributed by atoms with Gasteiger partial charge in [0, 0.05) is 12.4 Å². The van der Waals surface area contributed by atoms with E-state index in [1.807, 2.05) is 0 Å². The lowest BCUT2D eigenvalue weighted by Crippen LogP contribution is -2.10. The van der Waals surface area contributed by atoms with E-state index >= 15 is 0 Å². The quantitative estimate of drug-likeness (QED) is 0.805. The fraction of sp³-hybridized carbons (Fsp3) is 0.188. The van der Waals surface area contributed by atoms with Gasteiger partial charge in [-0.3, -0.25) is 0 Å². The molecule has 22 heavy (non-hydrogen) atoms. The molecule has 0 bridgehead atoms. The second-order valence-corrected chi connectivity index (χ2v) is 4.48. The Morgan fingerprint density at radius 3 is 2.09 bits per heavy atom. The molecule has 6 heteroatoms. The number of rotatable bonds is 4. The number of aromatic amines is 1. The summed E-state index contributed by atoms with van der Waals surface area (Å²) in [6.45, 7) is 6.93. The third-order valence-corrected chi connectivity index (χ3v) is 2.92. The Balaban J connectivity index is 0.000000287. The van der Waals surface area contributed by atoms with Crippen LogP contribution in [0.4, 0.5) is 0 Å². The molecule has 2 aromatic rings. The number of nitrogens with one attached hydrogen (secondary N) is 1. The van der Waals surface area contributed by atoms with Crippen molar-refractivity contribution in [1.82, 2.24) is 9.97 Å². The highest BCUT2D eigenvalue weighted by Crippen LogP contribution is 2.18. The number of aromatic nitrogens is 2. The number of carboxylic acid groups (broad SMARTS) is 2. The number of hydrogen-bond acceptors (Lipinski definition) is 3. The summed E-state index contributed by atoms with van der Waals surface area (Å²) in [5.41, 5.74) is 1.17. The van der Waals surface area contributed by atoms with Crippen LogP contribution in [0.5, 0.6) is 0 Å². The summed E-state index contributed by atoms with van der Waals surface area (Å²) in [7, 11) is 0. The summed E-state index contributed by atoms with van der Waals surface area (Å²) < 4.78 is 0. The number of nitrogens with zero attached hydrogens (tertiary/aromatic N) is 1. The number of aryl methyl sites for hydroxylation is 1. The molecule has 0 fully saturated rings. The van der Waals surface area contributed by atoms with E-state index in [0.29, 0.717) is 17.5 Å². The van der Waals surface area contributed by atoms with Gasteiger partial charge in [-0.15, -0.1) is 0 Å². The van der Waals surface area contributed by atoms with Crippen molar-refractivity contribution in [3.63, 3.8) is 0 Å². The van der Waals surface area contributed by atoms with Gasteiger partial charge in [-0.1, -0.05) is 13.5 Å². The number of H-pyrrole nitrogens is 1. The number of carboxylic acids is 2. The Morgan fingerprint density at radius 2 is 1.82 bits per heavy atom. The van der Waals surface area contributed by atoms with Crippen molar-refractivity contribution >= 4 is 18.0 Å². The van der Waals surface area contributed by atoms with Gasteiger partial charge in [0.05, 0.1) is 11.1 Å². The summed E-state index contributed by atoms with van der Waals surface area (Å²) in [6.07, 6.45) is 5.51. The largest absolute Gasteiger partial charge is 0.478 e. The van der Waals surface area contributed by atoms with Gasteiger partial charge in [-0.05, 0) is 42.7 Å². The maximum Gasteiger partial charge on any atom is 0.335 e. The van der Waals surface area contributed by atoms with Crippen LogP contribution >= 0.6 is 0 Å². The number of benzene rings is 1. The predicted octanol–water partition coefficient (Wildman–Crippen LogP) is 3.01. The highest BCUT2D eigenvalue weighted by Gasteiger charge is 2.17. The first kappa shape index (κ1) is 17.2. The van der Waals surface area contributed by atoms with Crippen molar-refractivity contribution < 1.29 is 19.8 Å². The average molecular weight is 302 g/mol. The fourth-order valence-corrected chi connectivity index (χ4v) is 1.97. The van der Waals surface area contributed by atoms with Gasteiger partial charge in [-0.25, -0.2) is 14.6 Å². The zero-order chi connectivity index (χ0) is 16.7. The minimum Gasteiger partial charge on any atom is -0.478 e. The standard InChI is InChI=1S/C11H12O4.C5H6N2/c1-3-7-8(10(12)13)4-6(2)5-9(7)11(14)15;1-2-5-6-3-4-7-5/h4-5H,3H2,1-2H3,(H,12,13)(H,14,15);2-4H,1H2,(H,6,7). The molecule has 0 atom stereocenters. The molecule has 1 heterocycles. The lowest BCUT2D eigenvalue weighted by atomic mass is 9.96. The second kappa shape index (κ2) is 7.78. The molecule has 0 spiro atoms. The summed E-state index contributed by atoms with van der Waals surface area (Å²) in [4.78, 5) is 28.5. The van der Waals surface area contributed by atoms with Crippen LogP contribution in [0.1, 0.15) is 44.6 Å². The molecule has 0 radical (unpaired) electrons. The summed E-state index contributed by atoms with van der Waals surface area (Å²) in [6, 6.07) is 2.99. The molecule has 0 amide bonds. The van der Waals surface area contributed by atoms with Crippen molar-refractivity contribution in [2.24, 2.45) is 0 Å². The van der Waals surface area contributed by atoms with Crippen LogP contribution in [0, 0.1) is 6.92 Å². The smallest absolute Gasteiger partial charge is 0.335 e. The van der Waals surface area contributed by atoms with Crippen molar-refractivity contribution in [3.8, 4) is 0 Å². The molecule has 1 aromatic carbocycles. The minimum absolute atomic E-state index is 0.0786. The third kappa shape index (κ3) is 4.31. The van der Waals surface area contributed by atoms with Gasteiger partial charge < -0.3 is 15.2 Å². The molecule has 1 aromatic heterocycles. The third-order valence-electron chi connectivity index (χ3n) is 2.92. The van der Waals surface area contributed by atoms with Gasteiger partial charge in [0.1, 0.15) is 5.82 Å². The molecular weight excluding hydrogens is 284 g/mol. The molecule has 116 valence electrons. The van der Waals surface area contributed by atoms with Gasteiger partial charge in [-0.2, -0.15) is 0 Å². The Morgan fingerprint density at radius 1 is 1.27 bits per heavy atom. The fourth-order valence-electron chi connectivity index (χ4n) is 1.97. The Bertz CT molecular complexity index is 640. The molecule has 2 rings (SSSR count). The molecule has 0 saturated heterocycles. The summed E-state index contributed by atoms with van der Waals surface area (Å²) in [5, 5.41) is 17.9. The monoisotopic (exact) mass is 302 g/mol. The van der Waals surface area contributed by atoms with Crippen molar-refractivity contribution in [3.05, 3.63) is 59.2 Å². The topological polar surface area (TPSA) is 103 Å². The lowest BCUT2D eigenvalue weighted by Gasteiger charge is -2.09. The maximum atomic E-state index is 10.9. The number of aromatic carboxylic acids is 2. The van der Waals surface area contributed by atoms with Gasteiger partial charge in [0.25, 0.3) is 0 Å². The first-order chi connectivity index (χ1) is 10.4. The van der Waals surface area contributed by atoms with E-state index in [4.69, 9.17) is 10.2 Å². The second-order valence-electron chi connectivity index (χ2n) is 4.48. The summed E-state index contributed by atoms with van der Waals surface area (Å²) >= 11 is 0. The van der Waals surface area contributed by atoms with E-state index in [0.717, 1.165) is 5.82 Å². The highest BCUT2D eigenvalue weighted by atomic mass is 16.4. The van der Waals surface area contributed by atoms with Gasteiger partial charge >= 0.3 is 11.9 Å². The zero-order valence-corrected chi connectivity index (χ0v) is 12.5. The molecule has 0 saturated carbocycles. The first-order valence-electron chi connectivity index (χ1n) is 6.62. The lowest BCUT2D eigenvalue weighted by molar-refractivity contribution is 0.0695. The van der Waals surface area contributed by atoms with Crippen LogP contribution in [-0.4, -0.2) is 32.1 Å². The van der Waals surface area contributed by atoms with Crippen LogP contribution in [0.25, 0.3) is 6.08 Å². The first-order valence-corrected chi connectivity index (χ1v) is 6.62. The molecule has 0 aliphatic heterocycles. The minimum atomic E-state index is -1.09. The Hall–Kier alpha value is -2.89. The van der Waals surface area contributed by atoms with E-state index in [2.05, 4.69) is 16.5 Å². The maximum absolute atomic E-state index is 10.9. The van der Waals surface area contributed by atoms with E-state index in [-0.39, 0.29) is 11.1 Å². The van der Waals surface area contributed by atoms with Gasteiger partial charge in [0.15, 0.2) is 0 Å². The van der Waals surface area contributed by atoms with Gasteiger partial charge in [0.2, 0.25) is 0 Å². The molecule has 3 N–H and O–H groups in total. The Labute approximate surface area is 128 Å².